The zero-order valence-corrected chi connectivity index (χ0v) is 15.4. The van der Waals surface area contributed by atoms with Crippen molar-refractivity contribution in [2.24, 2.45) is 0 Å². The highest BCUT2D eigenvalue weighted by Crippen LogP contribution is 2.27. The molecule has 0 spiro atoms. The van der Waals surface area contributed by atoms with Crippen LogP contribution >= 0.6 is 0 Å². The number of benzene rings is 1. The first kappa shape index (κ1) is 18.8. The molecule has 3 amide bonds. The predicted molar refractivity (Wildman–Crippen MR) is 105 cm³/mol. The SMILES string of the molecule is O=C(CNC(=O)NCc1ccco1)Nc1ccccc1N1CCCCCC1. The highest BCUT2D eigenvalue weighted by Gasteiger charge is 2.15. The first-order valence-electron chi connectivity index (χ1n) is 9.40. The van der Waals surface area contributed by atoms with Crippen LogP contribution in [0, 0.1) is 0 Å². The van der Waals surface area contributed by atoms with Crippen LogP contribution in [0.4, 0.5) is 16.2 Å². The van der Waals surface area contributed by atoms with Gasteiger partial charge in [0.2, 0.25) is 5.91 Å². The minimum atomic E-state index is -0.414. The summed E-state index contributed by atoms with van der Waals surface area (Å²) in [4.78, 5) is 26.4. The van der Waals surface area contributed by atoms with E-state index in [0.29, 0.717) is 5.76 Å². The van der Waals surface area contributed by atoms with Crippen LogP contribution in [0.5, 0.6) is 0 Å². The Bertz CT molecular complexity index is 737. The number of rotatable bonds is 6. The summed E-state index contributed by atoms with van der Waals surface area (Å²) < 4.78 is 5.14. The number of amides is 3. The summed E-state index contributed by atoms with van der Waals surface area (Å²) in [6, 6.07) is 10.9. The smallest absolute Gasteiger partial charge is 0.315 e. The van der Waals surface area contributed by atoms with Crippen LogP contribution in [0.25, 0.3) is 0 Å². The van der Waals surface area contributed by atoms with Gasteiger partial charge in [0.05, 0.1) is 30.7 Å². The van der Waals surface area contributed by atoms with Gasteiger partial charge < -0.3 is 25.3 Å². The summed E-state index contributed by atoms with van der Waals surface area (Å²) in [5.74, 6) is 0.395. The minimum Gasteiger partial charge on any atom is -0.467 e. The van der Waals surface area contributed by atoms with Crippen LogP contribution in [-0.4, -0.2) is 31.6 Å². The normalized spacial score (nSPS) is 14.3. The van der Waals surface area contributed by atoms with E-state index in [9.17, 15) is 9.59 Å². The molecule has 7 nitrogen and oxygen atoms in total. The van der Waals surface area contributed by atoms with Gasteiger partial charge >= 0.3 is 6.03 Å². The van der Waals surface area contributed by atoms with Gasteiger partial charge in [-0.3, -0.25) is 4.79 Å². The maximum absolute atomic E-state index is 12.3. The van der Waals surface area contributed by atoms with E-state index in [2.05, 4.69) is 20.9 Å². The highest BCUT2D eigenvalue weighted by molar-refractivity contribution is 5.97. The summed E-state index contributed by atoms with van der Waals surface area (Å²) in [5, 5.41) is 8.11. The number of carbonyl (C=O) groups excluding carboxylic acids is 2. The molecule has 0 aliphatic carbocycles. The number of nitrogens with one attached hydrogen (secondary N) is 3. The Kier molecular flexibility index (Phi) is 6.73. The van der Waals surface area contributed by atoms with Crippen LogP contribution < -0.4 is 20.9 Å². The average Bonchev–Trinajstić information content (AvgIpc) is 3.06. The largest absolute Gasteiger partial charge is 0.467 e. The number of anilines is 2. The molecule has 1 saturated heterocycles. The third-order valence-corrected chi connectivity index (χ3v) is 4.54. The molecule has 1 aliphatic rings. The maximum Gasteiger partial charge on any atom is 0.315 e. The highest BCUT2D eigenvalue weighted by atomic mass is 16.3. The predicted octanol–water partition coefficient (Wildman–Crippen LogP) is 3.10. The molecule has 0 unspecified atom stereocenters. The fraction of sp³-hybridized carbons (Fsp3) is 0.400. The molecule has 2 heterocycles. The molecule has 3 rings (SSSR count). The minimum absolute atomic E-state index is 0.0989. The molecule has 1 aliphatic heterocycles. The van der Waals surface area contributed by atoms with Crippen molar-refractivity contribution < 1.29 is 14.0 Å². The summed E-state index contributed by atoms with van der Waals surface area (Å²) in [7, 11) is 0. The van der Waals surface area contributed by atoms with E-state index < -0.39 is 6.03 Å². The van der Waals surface area contributed by atoms with Crippen molar-refractivity contribution in [3.8, 4) is 0 Å². The lowest BCUT2D eigenvalue weighted by Gasteiger charge is -2.25. The molecule has 1 fully saturated rings. The molecule has 0 bridgehead atoms. The van der Waals surface area contributed by atoms with E-state index in [1.165, 1.54) is 25.7 Å². The van der Waals surface area contributed by atoms with E-state index >= 15 is 0 Å². The topological polar surface area (TPSA) is 86.6 Å². The fourth-order valence-electron chi connectivity index (χ4n) is 3.16. The maximum atomic E-state index is 12.3. The molecular weight excluding hydrogens is 344 g/mol. The third-order valence-electron chi connectivity index (χ3n) is 4.54. The van der Waals surface area contributed by atoms with Crippen molar-refractivity contribution in [1.82, 2.24) is 10.6 Å². The molecule has 0 radical (unpaired) electrons. The molecule has 0 atom stereocenters. The summed E-state index contributed by atoms with van der Waals surface area (Å²) in [6.45, 7) is 2.18. The Morgan fingerprint density at radius 2 is 1.74 bits per heavy atom. The molecule has 27 heavy (non-hydrogen) atoms. The molecule has 2 aromatic rings. The number of hydrogen-bond acceptors (Lipinski definition) is 4. The molecule has 144 valence electrons. The Morgan fingerprint density at radius 1 is 0.963 bits per heavy atom. The van der Waals surface area contributed by atoms with E-state index in [4.69, 9.17) is 4.42 Å². The zero-order chi connectivity index (χ0) is 18.9. The lowest BCUT2D eigenvalue weighted by atomic mass is 10.2. The number of para-hydroxylation sites is 2. The van der Waals surface area contributed by atoms with E-state index in [0.717, 1.165) is 24.5 Å². The monoisotopic (exact) mass is 370 g/mol. The van der Waals surface area contributed by atoms with Gasteiger partial charge in [0.1, 0.15) is 5.76 Å². The quantitative estimate of drug-likeness (QED) is 0.729. The molecule has 1 aromatic heterocycles. The van der Waals surface area contributed by atoms with E-state index in [1.54, 1.807) is 18.4 Å². The second-order valence-electron chi connectivity index (χ2n) is 6.58. The van der Waals surface area contributed by atoms with E-state index in [1.807, 2.05) is 24.3 Å². The first-order chi connectivity index (χ1) is 13.2. The first-order valence-corrected chi connectivity index (χ1v) is 9.40. The van der Waals surface area contributed by atoms with Gasteiger partial charge in [-0.1, -0.05) is 25.0 Å². The van der Waals surface area contributed by atoms with Gasteiger partial charge in [0, 0.05) is 13.1 Å². The Labute approximate surface area is 159 Å². The second kappa shape index (κ2) is 9.66. The van der Waals surface area contributed by atoms with Gasteiger partial charge in [-0.05, 0) is 37.1 Å². The van der Waals surface area contributed by atoms with Crippen molar-refractivity contribution in [2.45, 2.75) is 32.2 Å². The summed E-state index contributed by atoms with van der Waals surface area (Å²) >= 11 is 0. The summed E-state index contributed by atoms with van der Waals surface area (Å²) in [5.41, 5.74) is 1.82. The lowest BCUT2D eigenvalue weighted by molar-refractivity contribution is -0.115. The second-order valence-corrected chi connectivity index (χ2v) is 6.58. The van der Waals surface area contributed by atoms with Crippen LogP contribution in [0.1, 0.15) is 31.4 Å². The van der Waals surface area contributed by atoms with Crippen LogP contribution in [0.2, 0.25) is 0 Å². The van der Waals surface area contributed by atoms with Crippen molar-refractivity contribution in [3.05, 3.63) is 48.4 Å². The van der Waals surface area contributed by atoms with Gasteiger partial charge in [-0.2, -0.15) is 0 Å². The number of carbonyl (C=O) groups is 2. The van der Waals surface area contributed by atoms with Crippen molar-refractivity contribution in [1.29, 1.82) is 0 Å². The number of nitrogens with zero attached hydrogens (tertiary/aromatic N) is 1. The molecule has 0 saturated carbocycles. The van der Waals surface area contributed by atoms with E-state index in [-0.39, 0.29) is 19.0 Å². The number of hydrogen-bond donors (Lipinski definition) is 3. The molecule has 7 heteroatoms. The van der Waals surface area contributed by atoms with Crippen molar-refractivity contribution in [2.75, 3.05) is 29.9 Å². The zero-order valence-electron chi connectivity index (χ0n) is 15.4. The Balaban J connectivity index is 1.49. The molecule has 3 N–H and O–H groups in total. The molecular formula is C20H26N4O3. The van der Waals surface area contributed by atoms with Gasteiger partial charge in [0.25, 0.3) is 0 Å². The van der Waals surface area contributed by atoms with Gasteiger partial charge in [-0.15, -0.1) is 0 Å². The Hall–Kier alpha value is -2.96. The fourth-order valence-corrected chi connectivity index (χ4v) is 3.16. The van der Waals surface area contributed by atoms with Crippen molar-refractivity contribution >= 4 is 23.3 Å². The Morgan fingerprint density at radius 3 is 2.48 bits per heavy atom. The lowest BCUT2D eigenvalue weighted by Crippen LogP contribution is -2.39. The number of furan rings is 1. The number of urea groups is 1. The third kappa shape index (κ3) is 5.77. The summed E-state index contributed by atoms with van der Waals surface area (Å²) in [6.07, 6.45) is 6.38. The van der Waals surface area contributed by atoms with Crippen LogP contribution in [0.15, 0.2) is 47.1 Å². The molecule has 1 aromatic carbocycles. The van der Waals surface area contributed by atoms with Crippen molar-refractivity contribution in [3.63, 3.8) is 0 Å². The van der Waals surface area contributed by atoms with Crippen LogP contribution in [-0.2, 0) is 11.3 Å². The van der Waals surface area contributed by atoms with Crippen LogP contribution in [0.3, 0.4) is 0 Å². The van der Waals surface area contributed by atoms with Gasteiger partial charge in [0.15, 0.2) is 0 Å². The standard InChI is InChI=1S/C20H26N4O3/c25-19(15-22-20(26)21-14-16-8-7-13-27-16)23-17-9-3-4-10-18(17)24-11-5-1-2-6-12-24/h3-4,7-10,13H,1-2,5-6,11-12,14-15H2,(H,23,25)(H2,21,22,26). The van der Waals surface area contributed by atoms with Gasteiger partial charge in [-0.25, -0.2) is 4.79 Å². The average molecular weight is 370 g/mol.